The zero-order chi connectivity index (χ0) is 17.8. The zero-order valence-corrected chi connectivity index (χ0v) is 14.9. The lowest BCUT2D eigenvalue weighted by Gasteiger charge is -2.18. The van der Waals surface area contributed by atoms with Crippen molar-refractivity contribution in [2.75, 3.05) is 18.4 Å². The minimum absolute atomic E-state index is 0.235. The topological polar surface area (TPSA) is 83.9 Å². The number of nitrogens with zero attached hydrogens (tertiary/aromatic N) is 5. The van der Waals surface area contributed by atoms with Crippen molar-refractivity contribution in [3.63, 3.8) is 0 Å². The number of carbonyl (C=O) groups excluding carboxylic acids is 1. The maximum atomic E-state index is 12.3. The van der Waals surface area contributed by atoms with E-state index in [2.05, 4.69) is 39.1 Å². The third-order valence-electron chi connectivity index (χ3n) is 4.21. The summed E-state index contributed by atoms with van der Waals surface area (Å²) in [7, 11) is 0. The van der Waals surface area contributed by atoms with E-state index < -0.39 is 0 Å². The highest BCUT2D eigenvalue weighted by molar-refractivity contribution is 5.76. The number of likely N-dealkylation sites (tertiary alicyclic amines) is 1. The lowest BCUT2D eigenvalue weighted by molar-refractivity contribution is -0.130. The highest BCUT2D eigenvalue weighted by Crippen LogP contribution is 2.28. The van der Waals surface area contributed by atoms with Crippen molar-refractivity contribution < 1.29 is 4.79 Å². The molecule has 0 spiro atoms. The van der Waals surface area contributed by atoms with Gasteiger partial charge in [-0.05, 0) is 25.3 Å². The normalized spacial score (nSPS) is 17.1. The Morgan fingerprint density at radius 3 is 2.80 bits per heavy atom. The van der Waals surface area contributed by atoms with Gasteiger partial charge in [-0.2, -0.15) is 0 Å². The Morgan fingerprint density at radius 1 is 1.32 bits per heavy atom. The quantitative estimate of drug-likeness (QED) is 0.901. The van der Waals surface area contributed by atoms with Gasteiger partial charge in [-0.25, -0.2) is 19.9 Å². The average Bonchev–Trinajstić information content (AvgIpc) is 3.05. The zero-order valence-electron chi connectivity index (χ0n) is 14.9. The second-order valence-electron chi connectivity index (χ2n) is 6.85. The summed E-state index contributed by atoms with van der Waals surface area (Å²) in [5, 5.41) is 3.11. The highest BCUT2D eigenvalue weighted by Gasteiger charge is 2.28. The molecule has 1 saturated heterocycles. The minimum atomic E-state index is 0.235. The van der Waals surface area contributed by atoms with Crippen LogP contribution < -0.4 is 5.32 Å². The SMILES string of the molecule is Cc1nc(Nc2ncccn2)cc(C2CCN(C(=O)CC(C)C)C2)n1. The van der Waals surface area contributed by atoms with Gasteiger partial charge >= 0.3 is 0 Å². The van der Waals surface area contributed by atoms with Gasteiger partial charge in [-0.3, -0.25) is 4.79 Å². The fraction of sp³-hybridized carbons (Fsp3) is 0.500. The lowest BCUT2D eigenvalue weighted by Crippen LogP contribution is -2.29. The van der Waals surface area contributed by atoms with Gasteiger partial charge in [0.25, 0.3) is 0 Å². The number of anilines is 2. The Hall–Kier alpha value is -2.57. The number of hydrogen-bond donors (Lipinski definition) is 1. The lowest BCUT2D eigenvalue weighted by atomic mass is 10.0. The van der Waals surface area contributed by atoms with E-state index in [1.807, 2.05) is 17.9 Å². The molecule has 0 saturated carbocycles. The molecule has 7 heteroatoms. The van der Waals surface area contributed by atoms with Crippen LogP contribution in [0.3, 0.4) is 0 Å². The maximum absolute atomic E-state index is 12.3. The van der Waals surface area contributed by atoms with Crippen LogP contribution in [0.1, 0.15) is 44.1 Å². The summed E-state index contributed by atoms with van der Waals surface area (Å²) in [6, 6.07) is 3.70. The molecule has 1 unspecified atom stereocenters. The molecular weight excluding hydrogens is 316 g/mol. The summed E-state index contributed by atoms with van der Waals surface area (Å²) >= 11 is 0. The van der Waals surface area contributed by atoms with E-state index in [9.17, 15) is 4.79 Å². The van der Waals surface area contributed by atoms with Crippen LogP contribution in [0.15, 0.2) is 24.5 Å². The third kappa shape index (κ3) is 4.49. The van der Waals surface area contributed by atoms with Gasteiger partial charge in [0.1, 0.15) is 11.6 Å². The molecule has 2 aromatic rings. The molecule has 2 aromatic heterocycles. The molecule has 1 amide bonds. The first-order valence-corrected chi connectivity index (χ1v) is 8.68. The number of hydrogen-bond acceptors (Lipinski definition) is 6. The number of amides is 1. The number of rotatable bonds is 5. The second kappa shape index (κ2) is 7.55. The molecule has 1 fully saturated rings. The molecule has 25 heavy (non-hydrogen) atoms. The number of aryl methyl sites for hydroxylation is 1. The van der Waals surface area contributed by atoms with E-state index in [4.69, 9.17) is 0 Å². The van der Waals surface area contributed by atoms with Crippen LogP contribution in [0.25, 0.3) is 0 Å². The van der Waals surface area contributed by atoms with Gasteiger partial charge in [-0.15, -0.1) is 0 Å². The molecule has 0 bridgehead atoms. The summed E-state index contributed by atoms with van der Waals surface area (Å²) in [5.74, 6) is 2.75. The van der Waals surface area contributed by atoms with Crippen molar-refractivity contribution in [3.05, 3.63) is 36.0 Å². The monoisotopic (exact) mass is 340 g/mol. The van der Waals surface area contributed by atoms with Crippen molar-refractivity contribution in [1.29, 1.82) is 0 Å². The Balaban J connectivity index is 1.71. The summed E-state index contributed by atoms with van der Waals surface area (Å²) < 4.78 is 0. The molecule has 3 rings (SSSR count). The molecule has 1 atom stereocenters. The fourth-order valence-corrected chi connectivity index (χ4v) is 3.05. The summed E-state index contributed by atoms with van der Waals surface area (Å²) in [5.41, 5.74) is 0.964. The molecule has 0 aliphatic carbocycles. The van der Waals surface area contributed by atoms with Crippen molar-refractivity contribution >= 4 is 17.7 Å². The standard InChI is InChI=1S/C18H24N6O/c1-12(2)9-17(25)24-8-5-14(11-24)15-10-16(22-13(3)21-15)23-18-19-6-4-7-20-18/h4,6-7,10,12,14H,5,8-9,11H2,1-3H3,(H,19,20,21,22,23). The van der Waals surface area contributed by atoms with Crippen LogP contribution >= 0.6 is 0 Å². The van der Waals surface area contributed by atoms with Crippen LogP contribution in [0.4, 0.5) is 11.8 Å². The molecule has 1 aliphatic rings. The molecule has 1 N–H and O–H groups in total. The second-order valence-corrected chi connectivity index (χ2v) is 6.85. The molecule has 0 aromatic carbocycles. The van der Waals surface area contributed by atoms with Gasteiger partial charge in [-0.1, -0.05) is 13.8 Å². The van der Waals surface area contributed by atoms with E-state index in [0.717, 1.165) is 25.2 Å². The van der Waals surface area contributed by atoms with Crippen LogP contribution in [-0.4, -0.2) is 43.8 Å². The molecule has 7 nitrogen and oxygen atoms in total. The largest absolute Gasteiger partial charge is 0.342 e. The van der Waals surface area contributed by atoms with Crippen LogP contribution in [0.5, 0.6) is 0 Å². The Labute approximate surface area is 147 Å². The molecule has 0 radical (unpaired) electrons. The molecular formula is C18H24N6O. The van der Waals surface area contributed by atoms with Crippen molar-refractivity contribution in [2.45, 2.75) is 39.5 Å². The van der Waals surface area contributed by atoms with E-state index in [-0.39, 0.29) is 11.8 Å². The van der Waals surface area contributed by atoms with E-state index in [1.165, 1.54) is 0 Å². The highest BCUT2D eigenvalue weighted by atomic mass is 16.2. The third-order valence-corrected chi connectivity index (χ3v) is 4.21. The Bertz CT molecular complexity index is 734. The van der Waals surface area contributed by atoms with Crippen molar-refractivity contribution in [2.24, 2.45) is 5.92 Å². The van der Waals surface area contributed by atoms with E-state index >= 15 is 0 Å². The van der Waals surface area contributed by atoms with Crippen LogP contribution in [-0.2, 0) is 4.79 Å². The molecule has 3 heterocycles. The number of nitrogens with one attached hydrogen (secondary N) is 1. The van der Waals surface area contributed by atoms with Gasteiger partial charge in [0.15, 0.2) is 0 Å². The summed E-state index contributed by atoms with van der Waals surface area (Å²) in [6.45, 7) is 7.54. The van der Waals surface area contributed by atoms with Gasteiger partial charge in [0.2, 0.25) is 11.9 Å². The Morgan fingerprint density at radius 2 is 2.08 bits per heavy atom. The van der Waals surface area contributed by atoms with Gasteiger partial charge in [0.05, 0.1) is 5.69 Å². The van der Waals surface area contributed by atoms with Gasteiger partial charge in [0, 0.05) is 43.9 Å². The average molecular weight is 340 g/mol. The van der Waals surface area contributed by atoms with Crippen molar-refractivity contribution in [3.8, 4) is 0 Å². The van der Waals surface area contributed by atoms with E-state index in [0.29, 0.717) is 29.9 Å². The minimum Gasteiger partial charge on any atom is -0.342 e. The first kappa shape index (κ1) is 17.3. The predicted molar refractivity (Wildman–Crippen MR) is 95.5 cm³/mol. The van der Waals surface area contributed by atoms with Crippen LogP contribution in [0.2, 0.25) is 0 Å². The molecule has 132 valence electrons. The first-order valence-electron chi connectivity index (χ1n) is 8.68. The summed E-state index contributed by atoms with van der Waals surface area (Å²) in [4.78, 5) is 31.5. The van der Waals surface area contributed by atoms with E-state index in [1.54, 1.807) is 18.5 Å². The number of aromatic nitrogens is 4. The fourth-order valence-electron chi connectivity index (χ4n) is 3.05. The maximum Gasteiger partial charge on any atom is 0.228 e. The van der Waals surface area contributed by atoms with Gasteiger partial charge < -0.3 is 10.2 Å². The smallest absolute Gasteiger partial charge is 0.228 e. The predicted octanol–water partition coefficient (Wildman–Crippen LogP) is 2.68. The van der Waals surface area contributed by atoms with Crippen molar-refractivity contribution in [1.82, 2.24) is 24.8 Å². The number of carbonyl (C=O) groups is 1. The first-order chi connectivity index (χ1) is 12.0. The Kier molecular flexibility index (Phi) is 5.21. The molecule has 1 aliphatic heterocycles. The summed E-state index contributed by atoms with van der Waals surface area (Å²) in [6.07, 6.45) is 4.90. The van der Waals surface area contributed by atoms with Crippen LogP contribution in [0, 0.1) is 12.8 Å².